The van der Waals surface area contributed by atoms with Crippen molar-refractivity contribution in [3.63, 3.8) is 0 Å². The van der Waals surface area contributed by atoms with Crippen molar-refractivity contribution in [2.45, 2.75) is 26.7 Å². The number of carbonyl (C=O) groups is 2. The molecular formula is C14H15NO5. The number of ether oxygens (including phenoxy) is 1. The Kier molecular flexibility index (Phi) is 4.02. The Morgan fingerprint density at radius 2 is 2.00 bits per heavy atom. The minimum atomic E-state index is -0.555. The molecule has 1 fully saturated rings. The second-order valence-corrected chi connectivity index (χ2v) is 4.63. The molecule has 0 unspecified atom stereocenters. The first kappa shape index (κ1) is 14.0. The molecule has 1 aliphatic carbocycles. The Labute approximate surface area is 116 Å². The van der Waals surface area contributed by atoms with E-state index in [0.29, 0.717) is 17.0 Å². The average molecular weight is 277 g/mol. The van der Waals surface area contributed by atoms with Crippen LogP contribution < -0.4 is 4.74 Å². The zero-order chi connectivity index (χ0) is 14.7. The molecule has 0 radical (unpaired) electrons. The normalized spacial score (nSPS) is 14.8. The Bertz CT molecular complexity index is 575. The number of oxime groups is 1. The molecule has 20 heavy (non-hydrogen) atoms. The van der Waals surface area contributed by atoms with Crippen molar-refractivity contribution in [3.8, 4) is 11.5 Å². The van der Waals surface area contributed by atoms with Gasteiger partial charge in [-0.3, -0.25) is 4.79 Å². The maximum absolute atomic E-state index is 11.6. The third-order valence-electron chi connectivity index (χ3n) is 2.80. The predicted molar refractivity (Wildman–Crippen MR) is 70.4 cm³/mol. The molecule has 1 N–H and O–H groups in total. The number of hydrogen-bond donors (Lipinski definition) is 1. The Morgan fingerprint density at radius 3 is 2.60 bits per heavy atom. The van der Waals surface area contributed by atoms with Crippen molar-refractivity contribution in [2.24, 2.45) is 11.1 Å². The van der Waals surface area contributed by atoms with Gasteiger partial charge in [0.05, 0.1) is 11.6 Å². The lowest BCUT2D eigenvalue weighted by Gasteiger charge is -2.07. The number of rotatable bonds is 4. The lowest BCUT2D eigenvalue weighted by Crippen LogP contribution is -2.10. The molecule has 0 aromatic heterocycles. The van der Waals surface area contributed by atoms with Crippen LogP contribution in [0.4, 0.5) is 0 Å². The van der Waals surface area contributed by atoms with Crippen LogP contribution in [-0.2, 0) is 14.4 Å². The van der Waals surface area contributed by atoms with Gasteiger partial charge in [0.15, 0.2) is 0 Å². The summed E-state index contributed by atoms with van der Waals surface area (Å²) in [7, 11) is 0. The van der Waals surface area contributed by atoms with E-state index in [1.54, 1.807) is 6.92 Å². The summed E-state index contributed by atoms with van der Waals surface area (Å²) in [6.45, 7) is 2.80. The molecule has 0 amide bonds. The van der Waals surface area contributed by atoms with E-state index in [1.807, 2.05) is 0 Å². The number of nitrogens with zero attached hydrogens (tertiary/aromatic N) is 1. The second-order valence-electron chi connectivity index (χ2n) is 4.63. The Morgan fingerprint density at radius 1 is 1.30 bits per heavy atom. The number of esters is 1. The first-order valence-electron chi connectivity index (χ1n) is 6.24. The molecule has 6 nitrogen and oxygen atoms in total. The first-order chi connectivity index (χ1) is 9.47. The van der Waals surface area contributed by atoms with Gasteiger partial charge in [-0.15, -0.1) is 0 Å². The smallest absolute Gasteiger partial charge is 0.331 e. The minimum Gasteiger partial charge on any atom is -0.507 e. The number of hydrogen-bond acceptors (Lipinski definition) is 6. The topological polar surface area (TPSA) is 85.2 Å². The van der Waals surface area contributed by atoms with Crippen LogP contribution in [0.15, 0.2) is 23.4 Å². The van der Waals surface area contributed by atoms with Crippen LogP contribution in [0.3, 0.4) is 0 Å². The highest BCUT2D eigenvalue weighted by atomic mass is 16.7. The molecule has 1 saturated carbocycles. The average Bonchev–Trinajstić information content (AvgIpc) is 3.22. The van der Waals surface area contributed by atoms with E-state index in [9.17, 15) is 14.7 Å². The molecule has 0 aliphatic heterocycles. The fourth-order valence-corrected chi connectivity index (χ4v) is 1.57. The number of phenolic OH excluding ortho intramolecular Hbond substituents is 1. The van der Waals surface area contributed by atoms with Gasteiger partial charge in [0.1, 0.15) is 11.5 Å². The van der Waals surface area contributed by atoms with Crippen LogP contribution in [0.5, 0.6) is 11.5 Å². The molecule has 0 saturated heterocycles. The molecule has 0 spiro atoms. The van der Waals surface area contributed by atoms with E-state index in [4.69, 9.17) is 4.74 Å². The summed E-state index contributed by atoms with van der Waals surface area (Å²) < 4.78 is 5.20. The van der Waals surface area contributed by atoms with Crippen LogP contribution >= 0.6 is 0 Å². The van der Waals surface area contributed by atoms with E-state index < -0.39 is 5.97 Å². The van der Waals surface area contributed by atoms with E-state index in [2.05, 4.69) is 9.99 Å². The zero-order valence-corrected chi connectivity index (χ0v) is 11.3. The fourth-order valence-electron chi connectivity index (χ4n) is 1.57. The molecule has 1 aromatic carbocycles. The minimum absolute atomic E-state index is 0.0111. The summed E-state index contributed by atoms with van der Waals surface area (Å²) in [5, 5.41) is 13.4. The van der Waals surface area contributed by atoms with E-state index in [0.717, 1.165) is 12.8 Å². The predicted octanol–water partition coefficient (Wildman–Crippen LogP) is 1.99. The molecule has 0 atom stereocenters. The van der Waals surface area contributed by atoms with Crippen molar-refractivity contribution in [1.29, 1.82) is 0 Å². The number of phenols is 1. The summed E-state index contributed by atoms with van der Waals surface area (Å²) in [5.41, 5.74) is 0.648. The highest BCUT2D eigenvalue weighted by Crippen LogP contribution is 2.31. The van der Waals surface area contributed by atoms with Crippen LogP contribution in [0.1, 0.15) is 32.3 Å². The zero-order valence-electron chi connectivity index (χ0n) is 11.3. The van der Waals surface area contributed by atoms with Crippen molar-refractivity contribution in [2.75, 3.05) is 0 Å². The molecule has 1 aromatic rings. The van der Waals surface area contributed by atoms with Gasteiger partial charge in [0, 0.05) is 12.5 Å². The molecule has 6 heteroatoms. The summed E-state index contributed by atoms with van der Waals surface area (Å²) in [6.07, 6.45) is 1.72. The Balaban J connectivity index is 2.17. The van der Waals surface area contributed by atoms with Crippen LogP contribution in [0.25, 0.3) is 0 Å². The maximum atomic E-state index is 11.6. The monoisotopic (exact) mass is 277 g/mol. The van der Waals surface area contributed by atoms with Gasteiger partial charge in [-0.25, -0.2) is 4.79 Å². The SMILES string of the molecule is CC(=O)O/N=C(\C)c1cc(OC(=O)C2CC2)ccc1O. The Hall–Kier alpha value is -2.37. The van der Waals surface area contributed by atoms with Gasteiger partial charge in [-0.2, -0.15) is 0 Å². The molecule has 1 aliphatic rings. The third kappa shape index (κ3) is 3.57. The summed E-state index contributed by atoms with van der Waals surface area (Å²) in [4.78, 5) is 26.8. The number of carbonyl (C=O) groups excluding carboxylic acids is 2. The van der Waals surface area contributed by atoms with Gasteiger partial charge in [0.2, 0.25) is 0 Å². The highest BCUT2D eigenvalue weighted by Gasteiger charge is 2.31. The summed E-state index contributed by atoms with van der Waals surface area (Å²) >= 11 is 0. The first-order valence-corrected chi connectivity index (χ1v) is 6.24. The van der Waals surface area contributed by atoms with Crippen molar-refractivity contribution in [1.82, 2.24) is 0 Å². The van der Waals surface area contributed by atoms with E-state index in [-0.39, 0.29) is 17.6 Å². The third-order valence-corrected chi connectivity index (χ3v) is 2.80. The quantitative estimate of drug-likeness (QED) is 0.299. The lowest BCUT2D eigenvalue weighted by atomic mass is 10.1. The number of aromatic hydroxyl groups is 1. The molecule has 0 heterocycles. The van der Waals surface area contributed by atoms with Crippen LogP contribution in [-0.4, -0.2) is 22.8 Å². The van der Waals surface area contributed by atoms with Gasteiger partial charge in [-0.1, -0.05) is 5.16 Å². The molecule has 106 valence electrons. The summed E-state index contributed by atoms with van der Waals surface area (Å²) in [5.74, 6) is -0.545. The largest absolute Gasteiger partial charge is 0.507 e. The molecule has 0 bridgehead atoms. The van der Waals surface area contributed by atoms with Crippen molar-refractivity contribution < 1.29 is 24.3 Å². The maximum Gasteiger partial charge on any atom is 0.331 e. The van der Waals surface area contributed by atoms with E-state index in [1.165, 1.54) is 25.1 Å². The van der Waals surface area contributed by atoms with Gasteiger partial charge in [-0.05, 0) is 38.0 Å². The second kappa shape index (κ2) is 5.73. The van der Waals surface area contributed by atoms with Crippen LogP contribution in [0.2, 0.25) is 0 Å². The van der Waals surface area contributed by atoms with Gasteiger partial charge < -0.3 is 14.7 Å². The fraction of sp³-hybridized carbons (Fsp3) is 0.357. The van der Waals surface area contributed by atoms with E-state index >= 15 is 0 Å². The van der Waals surface area contributed by atoms with Crippen molar-refractivity contribution in [3.05, 3.63) is 23.8 Å². The van der Waals surface area contributed by atoms with Gasteiger partial charge in [0.25, 0.3) is 0 Å². The standard InChI is InChI=1S/C14H15NO5/c1-8(15-20-9(2)16)12-7-11(5-6-13(12)17)19-14(18)10-3-4-10/h5-7,10,17H,3-4H2,1-2H3/b15-8+. The number of benzene rings is 1. The van der Waals surface area contributed by atoms with Crippen LogP contribution in [0, 0.1) is 5.92 Å². The summed E-state index contributed by atoms with van der Waals surface area (Å²) in [6, 6.07) is 4.38. The highest BCUT2D eigenvalue weighted by molar-refractivity contribution is 6.01. The molecular weight excluding hydrogens is 262 g/mol. The lowest BCUT2D eigenvalue weighted by molar-refractivity contribution is -0.141. The van der Waals surface area contributed by atoms with Gasteiger partial charge >= 0.3 is 11.9 Å². The molecule has 2 rings (SSSR count). The van der Waals surface area contributed by atoms with Crippen molar-refractivity contribution >= 4 is 17.7 Å².